The van der Waals surface area contributed by atoms with Crippen molar-refractivity contribution in [1.82, 2.24) is 0 Å². The lowest BCUT2D eigenvalue weighted by Gasteiger charge is -2.46. The lowest BCUT2D eigenvalue weighted by Crippen LogP contribution is -2.49. The predicted octanol–water partition coefficient (Wildman–Crippen LogP) is 5.61. The third kappa shape index (κ3) is 6.65. The van der Waals surface area contributed by atoms with E-state index in [2.05, 4.69) is 20.8 Å². The van der Waals surface area contributed by atoms with Crippen LogP contribution in [0.5, 0.6) is 0 Å². The smallest absolute Gasteiger partial charge is 0.0575 e. The average Bonchev–Trinajstić information content (AvgIpc) is 2.58. The van der Waals surface area contributed by atoms with Crippen molar-refractivity contribution in [2.24, 2.45) is 10.8 Å². The van der Waals surface area contributed by atoms with E-state index >= 15 is 0 Å². The van der Waals surface area contributed by atoms with E-state index in [-0.39, 0.29) is 10.8 Å². The van der Waals surface area contributed by atoms with Crippen molar-refractivity contribution in [3.63, 3.8) is 0 Å². The molecule has 0 radical (unpaired) electrons. The Kier molecular flexibility index (Phi) is 10.5. The molecule has 1 rings (SSSR count). The largest absolute Gasteiger partial charge is 0.384 e. The second-order valence-corrected chi connectivity index (χ2v) is 8.37. The highest BCUT2D eigenvalue weighted by atomic mass is 16.5. The van der Waals surface area contributed by atoms with Gasteiger partial charge in [0, 0.05) is 19.6 Å². The topological polar surface area (TPSA) is 27.7 Å². The summed E-state index contributed by atoms with van der Waals surface area (Å²) >= 11 is 0. The van der Waals surface area contributed by atoms with Crippen LogP contribution < -0.4 is 0 Å². The van der Waals surface area contributed by atoms with Gasteiger partial charge in [-0.1, -0.05) is 72.1 Å². The first-order valence-electron chi connectivity index (χ1n) is 10.1. The first-order chi connectivity index (χ1) is 11.5. The molecule has 24 heavy (non-hydrogen) atoms. The zero-order valence-corrected chi connectivity index (χ0v) is 17.0. The minimum Gasteiger partial charge on any atom is -0.384 e. The molecule has 144 valence electrons. The molecular formula is C21H42O3. The van der Waals surface area contributed by atoms with E-state index in [4.69, 9.17) is 14.2 Å². The van der Waals surface area contributed by atoms with E-state index in [1.54, 1.807) is 14.2 Å². The van der Waals surface area contributed by atoms with Gasteiger partial charge in [0.1, 0.15) is 0 Å². The predicted molar refractivity (Wildman–Crippen MR) is 102 cm³/mol. The van der Waals surface area contributed by atoms with Gasteiger partial charge in [-0.15, -0.1) is 0 Å². The van der Waals surface area contributed by atoms with Gasteiger partial charge in [0.15, 0.2) is 0 Å². The molecule has 3 nitrogen and oxygen atoms in total. The van der Waals surface area contributed by atoms with Gasteiger partial charge in [-0.25, -0.2) is 0 Å². The third-order valence-electron chi connectivity index (χ3n) is 6.31. The molecule has 1 aliphatic carbocycles. The van der Waals surface area contributed by atoms with Crippen molar-refractivity contribution < 1.29 is 14.2 Å². The summed E-state index contributed by atoms with van der Waals surface area (Å²) in [4.78, 5) is 0. The molecule has 0 aromatic rings. The fourth-order valence-electron chi connectivity index (χ4n) is 3.85. The molecule has 0 aromatic heterocycles. The summed E-state index contributed by atoms with van der Waals surface area (Å²) in [5.74, 6) is 0. The molecule has 0 heterocycles. The number of rotatable bonds is 9. The molecule has 3 heteroatoms. The molecule has 0 bridgehead atoms. The Labute approximate surface area is 150 Å². The minimum absolute atomic E-state index is 0.0828. The first-order valence-corrected chi connectivity index (χ1v) is 10.1. The first kappa shape index (κ1) is 21.9. The van der Waals surface area contributed by atoms with Crippen LogP contribution in [0.4, 0.5) is 0 Å². The zero-order chi connectivity index (χ0) is 17.9. The molecule has 1 saturated carbocycles. The van der Waals surface area contributed by atoms with Gasteiger partial charge in [0.2, 0.25) is 0 Å². The van der Waals surface area contributed by atoms with Crippen LogP contribution in [0.15, 0.2) is 0 Å². The maximum atomic E-state index is 6.51. The molecule has 0 N–H and O–H groups in total. The van der Waals surface area contributed by atoms with Crippen LogP contribution in [0.25, 0.3) is 0 Å². The van der Waals surface area contributed by atoms with Crippen molar-refractivity contribution in [3.05, 3.63) is 0 Å². The molecule has 0 amide bonds. The van der Waals surface area contributed by atoms with Crippen LogP contribution in [0, 0.1) is 10.8 Å². The van der Waals surface area contributed by atoms with Gasteiger partial charge in [0.05, 0.1) is 25.9 Å². The molecule has 0 aliphatic heterocycles. The van der Waals surface area contributed by atoms with Crippen LogP contribution in [0.1, 0.15) is 85.0 Å². The fourth-order valence-corrected chi connectivity index (χ4v) is 3.85. The van der Waals surface area contributed by atoms with Crippen molar-refractivity contribution in [2.75, 3.05) is 34.0 Å². The van der Waals surface area contributed by atoms with E-state index < -0.39 is 0 Å². The van der Waals surface area contributed by atoms with Crippen LogP contribution >= 0.6 is 0 Å². The van der Waals surface area contributed by atoms with E-state index in [1.807, 2.05) is 0 Å². The van der Waals surface area contributed by atoms with Crippen LogP contribution in [0.2, 0.25) is 0 Å². The molecule has 1 fully saturated rings. The Morgan fingerprint density at radius 2 is 1.21 bits per heavy atom. The molecular weight excluding hydrogens is 300 g/mol. The Balaban J connectivity index is 2.72. The van der Waals surface area contributed by atoms with Gasteiger partial charge >= 0.3 is 0 Å². The summed E-state index contributed by atoms with van der Waals surface area (Å²) < 4.78 is 17.7. The molecule has 1 aliphatic rings. The van der Waals surface area contributed by atoms with Crippen LogP contribution in [-0.4, -0.2) is 40.1 Å². The maximum Gasteiger partial charge on any atom is 0.0575 e. The van der Waals surface area contributed by atoms with Gasteiger partial charge in [-0.3, -0.25) is 0 Å². The van der Waals surface area contributed by atoms with Gasteiger partial charge in [0.25, 0.3) is 0 Å². The number of ether oxygens (including phenoxy) is 3. The van der Waals surface area contributed by atoms with E-state index in [9.17, 15) is 0 Å². The van der Waals surface area contributed by atoms with Crippen molar-refractivity contribution in [2.45, 2.75) is 91.1 Å². The highest BCUT2D eigenvalue weighted by Crippen LogP contribution is 2.43. The Morgan fingerprint density at radius 3 is 1.62 bits per heavy atom. The van der Waals surface area contributed by atoms with Crippen molar-refractivity contribution in [1.29, 1.82) is 0 Å². The van der Waals surface area contributed by atoms with E-state index in [0.29, 0.717) is 19.3 Å². The molecule has 0 atom stereocenters. The minimum atomic E-state index is -0.0828. The van der Waals surface area contributed by atoms with Gasteiger partial charge in [-0.05, 0) is 18.3 Å². The summed E-state index contributed by atoms with van der Waals surface area (Å²) in [6.45, 7) is 9.01. The highest BCUT2D eigenvalue weighted by Gasteiger charge is 2.45. The summed E-state index contributed by atoms with van der Waals surface area (Å²) in [7, 11) is 3.58. The second kappa shape index (κ2) is 11.5. The SMILES string of the molecule is CCC(C)(C)C(COC)(COC)COC1CCCCCCCCC1. The summed E-state index contributed by atoms with van der Waals surface area (Å²) in [5, 5.41) is 0. The molecule has 0 aromatic carbocycles. The fraction of sp³-hybridized carbons (Fsp3) is 1.00. The maximum absolute atomic E-state index is 6.51. The van der Waals surface area contributed by atoms with Crippen molar-refractivity contribution >= 4 is 0 Å². The molecule has 0 saturated heterocycles. The van der Waals surface area contributed by atoms with Gasteiger partial charge in [-0.2, -0.15) is 0 Å². The highest BCUT2D eigenvalue weighted by molar-refractivity contribution is 4.93. The Bertz CT molecular complexity index is 298. The molecule has 0 unspecified atom stereocenters. The van der Waals surface area contributed by atoms with E-state index in [1.165, 1.54) is 57.8 Å². The van der Waals surface area contributed by atoms with Crippen LogP contribution in [0.3, 0.4) is 0 Å². The van der Waals surface area contributed by atoms with E-state index in [0.717, 1.165) is 13.0 Å². The average molecular weight is 343 g/mol. The second-order valence-electron chi connectivity index (χ2n) is 8.37. The number of methoxy groups -OCH3 is 2. The Morgan fingerprint density at radius 1 is 0.750 bits per heavy atom. The number of hydrogen-bond donors (Lipinski definition) is 0. The normalized spacial score (nSPS) is 19.4. The van der Waals surface area contributed by atoms with Gasteiger partial charge < -0.3 is 14.2 Å². The standard InChI is InChI=1S/C21H42O3/c1-6-20(2,3)21(16-22-4,17-23-5)18-24-19-14-12-10-8-7-9-11-13-15-19/h19H,6-18H2,1-5H3. The third-order valence-corrected chi connectivity index (χ3v) is 6.31. The van der Waals surface area contributed by atoms with Crippen LogP contribution in [-0.2, 0) is 14.2 Å². The summed E-state index contributed by atoms with van der Waals surface area (Å²) in [6, 6.07) is 0. The lowest BCUT2D eigenvalue weighted by atomic mass is 9.65. The quantitative estimate of drug-likeness (QED) is 0.545. The summed E-state index contributed by atoms with van der Waals surface area (Å²) in [5.41, 5.74) is 0.0373. The lowest BCUT2D eigenvalue weighted by molar-refractivity contribution is -0.132. The number of hydrogen-bond acceptors (Lipinski definition) is 3. The monoisotopic (exact) mass is 342 g/mol. The molecule has 0 spiro atoms. The summed E-state index contributed by atoms with van der Waals surface area (Å²) in [6.07, 6.45) is 13.5. The Hall–Kier alpha value is -0.120. The van der Waals surface area contributed by atoms with Crippen molar-refractivity contribution in [3.8, 4) is 0 Å². The zero-order valence-electron chi connectivity index (χ0n) is 17.0.